The topological polar surface area (TPSA) is 122 Å². The summed E-state index contributed by atoms with van der Waals surface area (Å²) < 4.78 is 0. The Kier molecular flexibility index (Phi) is 3.97. The molecule has 1 aliphatic rings. The van der Waals surface area contributed by atoms with Gasteiger partial charge in [-0.3, -0.25) is 14.9 Å². The van der Waals surface area contributed by atoms with E-state index >= 15 is 0 Å². The van der Waals surface area contributed by atoms with Crippen LogP contribution in [0.25, 0.3) is 0 Å². The lowest BCUT2D eigenvalue weighted by atomic mass is 10.3. The average molecular weight is 280 g/mol. The zero-order valence-corrected chi connectivity index (χ0v) is 11.3. The second kappa shape index (κ2) is 5.68. The van der Waals surface area contributed by atoms with E-state index in [0.29, 0.717) is 0 Å². The zero-order valence-electron chi connectivity index (χ0n) is 11.3. The quantitative estimate of drug-likeness (QED) is 0.510. The largest absolute Gasteiger partial charge is 0.357 e. The van der Waals surface area contributed by atoms with Gasteiger partial charge >= 0.3 is 5.69 Å². The van der Waals surface area contributed by atoms with Gasteiger partial charge in [0, 0.05) is 13.1 Å². The molecule has 2 rings (SSSR count). The molecule has 1 aromatic rings. The van der Waals surface area contributed by atoms with Crippen molar-refractivity contribution in [1.29, 1.82) is 0 Å². The Morgan fingerprint density at radius 3 is 2.70 bits per heavy atom. The fourth-order valence-corrected chi connectivity index (χ4v) is 1.69. The molecule has 9 nitrogen and oxygen atoms in total. The molecule has 3 N–H and O–H groups in total. The molecular formula is C11H16N6O3. The number of amides is 1. The summed E-state index contributed by atoms with van der Waals surface area (Å²) >= 11 is 0. The maximum absolute atomic E-state index is 11.6. The van der Waals surface area contributed by atoms with Gasteiger partial charge in [-0.25, -0.2) is 4.98 Å². The van der Waals surface area contributed by atoms with Gasteiger partial charge in [0.15, 0.2) is 0 Å². The average Bonchev–Trinajstić information content (AvgIpc) is 3.18. The summed E-state index contributed by atoms with van der Waals surface area (Å²) in [4.78, 5) is 30.0. The summed E-state index contributed by atoms with van der Waals surface area (Å²) in [7, 11) is 1.62. The zero-order chi connectivity index (χ0) is 14.7. The van der Waals surface area contributed by atoms with Crippen molar-refractivity contribution in [2.75, 3.05) is 24.2 Å². The minimum atomic E-state index is -0.560. The molecule has 0 spiro atoms. The molecule has 1 heterocycles. The summed E-state index contributed by atoms with van der Waals surface area (Å²) in [5.74, 6) is 0.0973. The highest BCUT2D eigenvalue weighted by atomic mass is 16.6. The second-order valence-electron chi connectivity index (χ2n) is 4.53. The number of hydrogen-bond donors (Lipinski definition) is 3. The van der Waals surface area contributed by atoms with E-state index in [4.69, 9.17) is 0 Å². The van der Waals surface area contributed by atoms with Gasteiger partial charge in [0.1, 0.15) is 5.69 Å². The van der Waals surface area contributed by atoms with Crippen LogP contribution in [-0.2, 0) is 4.79 Å². The number of carbonyl (C=O) groups is 1. The van der Waals surface area contributed by atoms with Crippen molar-refractivity contribution >= 4 is 23.4 Å². The molecule has 0 radical (unpaired) electrons. The van der Waals surface area contributed by atoms with E-state index in [-0.39, 0.29) is 41.6 Å². The lowest BCUT2D eigenvalue weighted by molar-refractivity contribution is -0.385. The minimum absolute atomic E-state index is 0.0396. The van der Waals surface area contributed by atoms with Gasteiger partial charge in [0.25, 0.3) is 0 Å². The van der Waals surface area contributed by atoms with Crippen LogP contribution in [0.5, 0.6) is 0 Å². The molecule has 20 heavy (non-hydrogen) atoms. The van der Waals surface area contributed by atoms with E-state index in [1.54, 1.807) is 7.05 Å². The highest BCUT2D eigenvalue weighted by Gasteiger charge is 2.25. The number of hydrogen-bond acceptors (Lipinski definition) is 7. The van der Waals surface area contributed by atoms with Crippen molar-refractivity contribution in [2.24, 2.45) is 0 Å². The Balaban J connectivity index is 2.13. The highest BCUT2D eigenvalue weighted by Crippen LogP contribution is 2.26. The van der Waals surface area contributed by atoms with Gasteiger partial charge in [-0.1, -0.05) is 0 Å². The van der Waals surface area contributed by atoms with Gasteiger partial charge in [-0.05, 0) is 19.8 Å². The summed E-state index contributed by atoms with van der Waals surface area (Å²) in [6.45, 7) is 1.47. The smallest absolute Gasteiger partial charge is 0.332 e. The van der Waals surface area contributed by atoms with Crippen LogP contribution < -0.4 is 16.0 Å². The van der Waals surface area contributed by atoms with Gasteiger partial charge < -0.3 is 16.0 Å². The molecule has 1 aliphatic carbocycles. The molecule has 0 aromatic carbocycles. The highest BCUT2D eigenvalue weighted by molar-refractivity contribution is 5.81. The molecule has 0 aliphatic heterocycles. The first-order valence-corrected chi connectivity index (χ1v) is 6.25. The van der Waals surface area contributed by atoms with E-state index in [9.17, 15) is 14.9 Å². The molecule has 108 valence electrons. The summed E-state index contributed by atoms with van der Waals surface area (Å²) in [6.07, 6.45) is 1.98. The van der Waals surface area contributed by atoms with Crippen molar-refractivity contribution in [1.82, 2.24) is 15.3 Å². The third kappa shape index (κ3) is 3.31. The number of anilines is 2. The number of nitro groups is 1. The molecule has 0 saturated heterocycles. The summed E-state index contributed by atoms with van der Waals surface area (Å²) in [6, 6.07) is 0.249. The van der Waals surface area contributed by atoms with E-state index in [1.807, 2.05) is 0 Å². The first kappa shape index (κ1) is 14.0. The van der Waals surface area contributed by atoms with Crippen LogP contribution in [0.2, 0.25) is 0 Å². The van der Waals surface area contributed by atoms with Crippen LogP contribution in [-0.4, -0.2) is 40.4 Å². The Hall–Kier alpha value is -2.45. The number of aromatic nitrogens is 2. The molecule has 1 fully saturated rings. The lowest BCUT2D eigenvalue weighted by Gasteiger charge is -2.09. The van der Waals surface area contributed by atoms with E-state index < -0.39 is 4.92 Å². The molecule has 0 unspecified atom stereocenters. The number of aryl methyl sites for hydroxylation is 1. The third-order valence-corrected chi connectivity index (χ3v) is 2.82. The molecular weight excluding hydrogens is 264 g/mol. The number of nitrogens with one attached hydrogen (secondary N) is 3. The fourth-order valence-electron chi connectivity index (χ4n) is 1.69. The SMILES string of the molecule is CNc1nc(C)c([N+](=O)[O-])c(NCC(=O)NC2CC2)n1. The maximum Gasteiger partial charge on any atom is 0.332 e. The number of rotatable bonds is 6. The van der Waals surface area contributed by atoms with E-state index in [2.05, 4.69) is 25.9 Å². The summed E-state index contributed by atoms with van der Waals surface area (Å²) in [5.41, 5.74) is 0.0164. The van der Waals surface area contributed by atoms with Crippen molar-refractivity contribution in [2.45, 2.75) is 25.8 Å². The molecule has 1 saturated carbocycles. The third-order valence-electron chi connectivity index (χ3n) is 2.82. The Morgan fingerprint density at radius 2 is 2.15 bits per heavy atom. The van der Waals surface area contributed by atoms with Crippen LogP contribution >= 0.6 is 0 Å². The number of nitrogens with zero attached hydrogens (tertiary/aromatic N) is 3. The van der Waals surface area contributed by atoms with Crippen LogP contribution in [0.3, 0.4) is 0 Å². The molecule has 1 amide bonds. The van der Waals surface area contributed by atoms with Crippen molar-refractivity contribution in [3.05, 3.63) is 15.8 Å². The van der Waals surface area contributed by atoms with Crippen LogP contribution in [0.1, 0.15) is 18.5 Å². The predicted molar refractivity (Wildman–Crippen MR) is 72.6 cm³/mol. The van der Waals surface area contributed by atoms with Gasteiger partial charge in [-0.2, -0.15) is 4.98 Å². The van der Waals surface area contributed by atoms with Crippen molar-refractivity contribution < 1.29 is 9.72 Å². The maximum atomic E-state index is 11.6. The fraction of sp³-hybridized carbons (Fsp3) is 0.545. The first-order chi connectivity index (χ1) is 9.51. The van der Waals surface area contributed by atoms with Crippen molar-refractivity contribution in [3.8, 4) is 0 Å². The lowest BCUT2D eigenvalue weighted by Crippen LogP contribution is -2.31. The van der Waals surface area contributed by atoms with Crippen LogP contribution in [0.4, 0.5) is 17.5 Å². The van der Waals surface area contributed by atoms with Gasteiger partial charge in [0.2, 0.25) is 17.7 Å². The summed E-state index contributed by atoms with van der Waals surface area (Å²) in [5, 5.41) is 19.2. The van der Waals surface area contributed by atoms with Crippen molar-refractivity contribution in [3.63, 3.8) is 0 Å². The second-order valence-corrected chi connectivity index (χ2v) is 4.53. The van der Waals surface area contributed by atoms with Gasteiger partial charge in [0.05, 0.1) is 11.5 Å². The standard InChI is InChI=1S/C11H16N6O3/c1-6-9(17(19)20)10(16-11(12-2)14-6)13-5-8(18)15-7-3-4-7/h7H,3-5H2,1-2H3,(H,15,18)(H2,12,13,14,16). The molecule has 1 aromatic heterocycles. The molecule has 0 bridgehead atoms. The Morgan fingerprint density at radius 1 is 1.45 bits per heavy atom. The van der Waals surface area contributed by atoms with E-state index in [1.165, 1.54) is 6.92 Å². The first-order valence-electron chi connectivity index (χ1n) is 6.25. The molecule has 9 heteroatoms. The normalized spacial score (nSPS) is 13.7. The molecule has 0 atom stereocenters. The Labute approximate surface area is 115 Å². The van der Waals surface area contributed by atoms with Crippen LogP contribution in [0.15, 0.2) is 0 Å². The van der Waals surface area contributed by atoms with Gasteiger partial charge in [-0.15, -0.1) is 0 Å². The minimum Gasteiger partial charge on any atom is -0.357 e. The van der Waals surface area contributed by atoms with Crippen LogP contribution in [0, 0.1) is 17.0 Å². The number of carbonyl (C=O) groups excluding carboxylic acids is 1. The predicted octanol–water partition coefficient (Wildman–Crippen LogP) is 0.425. The Bertz CT molecular complexity index is 543. The van der Waals surface area contributed by atoms with E-state index in [0.717, 1.165) is 12.8 Å². The monoisotopic (exact) mass is 280 g/mol.